The first-order chi connectivity index (χ1) is 10.4. The first-order valence-corrected chi connectivity index (χ1v) is 7.32. The number of Topliss-reactive ketones (excluding diaryl/α,β-unsaturated/α-hetero) is 1. The van der Waals surface area contributed by atoms with Crippen molar-refractivity contribution in [3.05, 3.63) is 30.1 Å². The van der Waals surface area contributed by atoms with E-state index in [1.165, 1.54) is 12.3 Å². The molecule has 0 saturated carbocycles. The number of aromatic nitrogens is 1. The van der Waals surface area contributed by atoms with Crippen LogP contribution in [0.5, 0.6) is 0 Å². The second-order valence-corrected chi connectivity index (χ2v) is 7.08. The molecule has 0 N–H and O–H groups in total. The van der Waals surface area contributed by atoms with Crippen LogP contribution in [0.15, 0.2) is 24.4 Å². The van der Waals surface area contributed by atoms with Crippen molar-refractivity contribution in [2.24, 2.45) is 5.92 Å². The molecule has 6 nitrogen and oxygen atoms in total. The molecule has 1 aromatic rings. The molecule has 1 heterocycles. The van der Waals surface area contributed by atoms with Crippen LogP contribution in [-0.4, -0.2) is 33.9 Å². The van der Waals surface area contributed by atoms with Gasteiger partial charge in [-0.25, -0.2) is 0 Å². The zero-order valence-corrected chi connectivity index (χ0v) is 14.4. The fourth-order valence-corrected chi connectivity index (χ4v) is 1.69. The summed E-state index contributed by atoms with van der Waals surface area (Å²) in [5.41, 5.74) is -1.65. The lowest BCUT2D eigenvalue weighted by Gasteiger charge is -2.25. The molecule has 126 valence electrons. The summed E-state index contributed by atoms with van der Waals surface area (Å²) in [6.45, 7) is 9.93. The maximum absolute atomic E-state index is 12.5. The molecule has 0 saturated heterocycles. The molecule has 0 fully saturated rings. The van der Waals surface area contributed by atoms with Crippen LogP contribution in [0.3, 0.4) is 0 Å². The van der Waals surface area contributed by atoms with Gasteiger partial charge in [0, 0.05) is 6.20 Å². The van der Waals surface area contributed by atoms with E-state index < -0.39 is 34.8 Å². The van der Waals surface area contributed by atoms with Gasteiger partial charge in [-0.1, -0.05) is 6.07 Å². The molecule has 23 heavy (non-hydrogen) atoms. The van der Waals surface area contributed by atoms with E-state index in [-0.39, 0.29) is 5.69 Å². The van der Waals surface area contributed by atoms with E-state index in [9.17, 15) is 14.4 Å². The Kier molecular flexibility index (Phi) is 5.64. The molecule has 0 radical (unpaired) electrons. The highest BCUT2D eigenvalue weighted by Gasteiger charge is 2.41. The normalized spacial score (nSPS) is 12.0. The van der Waals surface area contributed by atoms with Gasteiger partial charge in [0.2, 0.25) is 11.7 Å². The van der Waals surface area contributed by atoms with Gasteiger partial charge in [-0.15, -0.1) is 0 Å². The Hall–Kier alpha value is -2.24. The van der Waals surface area contributed by atoms with Crippen LogP contribution in [0.2, 0.25) is 0 Å². The lowest BCUT2D eigenvalue weighted by atomic mass is 10.00. The Morgan fingerprint density at radius 2 is 1.39 bits per heavy atom. The van der Waals surface area contributed by atoms with Gasteiger partial charge < -0.3 is 9.47 Å². The van der Waals surface area contributed by atoms with Gasteiger partial charge in [0.1, 0.15) is 16.9 Å². The van der Waals surface area contributed by atoms with Gasteiger partial charge in [0.05, 0.1) is 0 Å². The molecule has 0 aliphatic heterocycles. The van der Waals surface area contributed by atoms with Crippen molar-refractivity contribution in [3.63, 3.8) is 0 Å². The van der Waals surface area contributed by atoms with Crippen molar-refractivity contribution in [2.45, 2.75) is 52.7 Å². The number of esters is 2. The summed E-state index contributed by atoms with van der Waals surface area (Å²) in [5.74, 6) is -4.32. The molecule has 6 heteroatoms. The molecule has 0 atom stereocenters. The molecule has 1 rings (SSSR count). The van der Waals surface area contributed by atoms with E-state index >= 15 is 0 Å². The highest BCUT2D eigenvalue weighted by Crippen LogP contribution is 2.19. The van der Waals surface area contributed by atoms with E-state index in [0.29, 0.717) is 0 Å². The number of hydrogen-bond donors (Lipinski definition) is 0. The average Bonchev–Trinajstić information content (AvgIpc) is 2.35. The van der Waals surface area contributed by atoms with Gasteiger partial charge in [-0.3, -0.25) is 19.4 Å². The molecule has 0 spiro atoms. The number of hydrogen-bond acceptors (Lipinski definition) is 6. The Bertz CT molecular complexity index is 553. The van der Waals surface area contributed by atoms with Crippen molar-refractivity contribution >= 4 is 17.7 Å². The SMILES string of the molecule is CC(C)(C)OC(=O)C(C(=O)OC(C)(C)C)C(=O)c1ccccn1. The predicted molar refractivity (Wildman–Crippen MR) is 83.7 cm³/mol. The third-order valence-corrected chi connectivity index (χ3v) is 2.46. The summed E-state index contributed by atoms with van der Waals surface area (Å²) in [7, 11) is 0. The smallest absolute Gasteiger partial charge is 0.329 e. The number of carbonyl (C=O) groups excluding carboxylic acids is 3. The van der Waals surface area contributed by atoms with Crippen LogP contribution < -0.4 is 0 Å². The van der Waals surface area contributed by atoms with Crippen molar-refractivity contribution in [2.75, 3.05) is 0 Å². The lowest BCUT2D eigenvalue weighted by Crippen LogP contribution is -2.41. The molecule has 0 aliphatic carbocycles. The molecule has 1 aromatic heterocycles. The highest BCUT2D eigenvalue weighted by molar-refractivity contribution is 6.20. The van der Waals surface area contributed by atoms with E-state index in [0.717, 1.165) is 0 Å². The van der Waals surface area contributed by atoms with Gasteiger partial charge in [-0.05, 0) is 53.7 Å². The third kappa shape index (κ3) is 6.18. The van der Waals surface area contributed by atoms with E-state index in [1.54, 1.807) is 53.7 Å². The van der Waals surface area contributed by atoms with Gasteiger partial charge in [0.15, 0.2) is 0 Å². The Morgan fingerprint density at radius 1 is 0.913 bits per heavy atom. The summed E-state index contributed by atoms with van der Waals surface area (Å²) in [4.78, 5) is 41.1. The minimum absolute atomic E-state index is 0.00854. The highest BCUT2D eigenvalue weighted by atomic mass is 16.6. The standard InChI is InChI=1S/C17H23NO5/c1-16(2,3)22-14(20)12(15(21)23-17(4,5)6)13(19)11-9-7-8-10-18-11/h7-10,12H,1-6H3. The molecule has 0 amide bonds. The van der Waals surface area contributed by atoms with E-state index in [4.69, 9.17) is 9.47 Å². The molecule has 0 aromatic carbocycles. The number of rotatable bonds is 4. The van der Waals surface area contributed by atoms with Crippen molar-refractivity contribution in [1.29, 1.82) is 0 Å². The zero-order valence-electron chi connectivity index (χ0n) is 14.4. The lowest BCUT2D eigenvalue weighted by molar-refractivity contribution is -0.171. The van der Waals surface area contributed by atoms with Gasteiger partial charge in [-0.2, -0.15) is 0 Å². The second-order valence-electron chi connectivity index (χ2n) is 7.08. The number of carbonyl (C=O) groups is 3. The topological polar surface area (TPSA) is 82.6 Å². The third-order valence-electron chi connectivity index (χ3n) is 2.46. The fraction of sp³-hybridized carbons (Fsp3) is 0.529. The summed E-state index contributed by atoms with van der Waals surface area (Å²) >= 11 is 0. The monoisotopic (exact) mass is 321 g/mol. The molecular formula is C17H23NO5. The van der Waals surface area contributed by atoms with E-state index in [1.807, 2.05) is 0 Å². The predicted octanol–water partition coefficient (Wildman–Crippen LogP) is 2.56. The van der Waals surface area contributed by atoms with Crippen LogP contribution in [0.1, 0.15) is 52.0 Å². The summed E-state index contributed by atoms with van der Waals surface area (Å²) < 4.78 is 10.4. The first-order valence-electron chi connectivity index (χ1n) is 7.32. The summed E-state index contributed by atoms with van der Waals surface area (Å²) in [6.07, 6.45) is 1.41. The number of nitrogens with zero attached hydrogens (tertiary/aromatic N) is 1. The Morgan fingerprint density at radius 3 is 1.74 bits per heavy atom. The Balaban J connectivity index is 3.13. The summed E-state index contributed by atoms with van der Waals surface area (Å²) in [6, 6.07) is 4.66. The van der Waals surface area contributed by atoms with Crippen LogP contribution in [-0.2, 0) is 19.1 Å². The average molecular weight is 321 g/mol. The molecule has 0 aliphatic rings. The number of ether oxygens (including phenoxy) is 2. The van der Waals surface area contributed by atoms with Crippen molar-refractivity contribution in [3.8, 4) is 0 Å². The Labute approximate surface area is 136 Å². The number of pyridine rings is 1. The fourth-order valence-electron chi connectivity index (χ4n) is 1.69. The quantitative estimate of drug-likeness (QED) is 0.481. The van der Waals surface area contributed by atoms with Crippen molar-refractivity contribution in [1.82, 2.24) is 4.98 Å². The second kappa shape index (κ2) is 6.89. The molecular weight excluding hydrogens is 298 g/mol. The van der Waals surface area contributed by atoms with E-state index in [2.05, 4.69) is 4.98 Å². The molecule has 0 unspecified atom stereocenters. The molecule has 0 bridgehead atoms. The van der Waals surface area contributed by atoms with Crippen LogP contribution in [0.25, 0.3) is 0 Å². The number of ketones is 1. The minimum Gasteiger partial charge on any atom is -0.459 e. The zero-order chi connectivity index (χ0) is 17.8. The maximum atomic E-state index is 12.5. The van der Waals surface area contributed by atoms with Gasteiger partial charge in [0.25, 0.3) is 0 Å². The largest absolute Gasteiger partial charge is 0.459 e. The minimum atomic E-state index is -1.69. The van der Waals surface area contributed by atoms with Gasteiger partial charge >= 0.3 is 11.9 Å². The van der Waals surface area contributed by atoms with Crippen LogP contribution in [0.4, 0.5) is 0 Å². The summed E-state index contributed by atoms with van der Waals surface area (Å²) in [5, 5.41) is 0. The maximum Gasteiger partial charge on any atom is 0.329 e. The van der Waals surface area contributed by atoms with Crippen LogP contribution >= 0.6 is 0 Å². The van der Waals surface area contributed by atoms with Crippen molar-refractivity contribution < 1.29 is 23.9 Å². The first kappa shape index (κ1) is 18.8. The van der Waals surface area contributed by atoms with Crippen LogP contribution in [0, 0.1) is 5.92 Å².